The van der Waals surface area contributed by atoms with Crippen molar-refractivity contribution in [2.24, 2.45) is 0 Å². The zero-order valence-electron chi connectivity index (χ0n) is 16.2. The van der Waals surface area contributed by atoms with Gasteiger partial charge in [0, 0.05) is 16.9 Å². The molecule has 7 heteroatoms. The number of halogens is 1. The Kier molecular flexibility index (Phi) is 5.90. The number of rotatable bonds is 6. The van der Waals surface area contributed by atoms with Crippen LogP contribution in [0, 0.1) is 12.7 Å². The molecule has 4 aromatic rings. The number of para-hydroxylation sites is 2. The zero-order chi connectivity index (χ0) is 20.9. The summed E-state index contributed by atoms with van der Waals surface area (Å²) < 4.78 is 15.2. The second-order valence-electron chi connectivity index (χ2n) is 6.64. The lowest BCUT2D eigenvalue weighted by Gasteiger charge is -2.11. The van der Waals surface area contributed by atoms with Crippen molar-refractivity contribution in [3.63, 3.8) is 0 Å². The Bertz CT molecular complexity index is 1160. The van der Waals surface area contributed by atoms with E-state index in [1.807, 2.05) is 66.1 Å². The number of nitrogens with zero attached hydrogens (tertiary/aromatic N) is 3. The van der Waals surface area contributed by atoms with Crippen molar-refractivity contribution in [1.82, 2.24) is 14.8 Å². The van der Waals surface area contributed by atoms with Crippen molar-refractivity contribution in [1.29, 1.82) is 0 Å². The third kappa shape index (κ3) is 4.41. The third-order valence-corrected chi connectivity index (χ3v) is 5.43. The normalized spacial score (nSPS) is 10.7. The molecule has 1 amide bonds. The van der Waals surface area contributed by atoms with E-state index in [0.29, 0.717) is 11.0 Å². The average Bonchev–Trinajstić information content (AvgIpc) is 3.19. The van der Waals surface area contributed by atoms with E-state index in [4.69, 9.17) is 0 Å². The molecule has 0 bridgehead atoms. The molecule has 0 spiro atoms. The molecule has 0 aliphatic carbocycles. The number of carbonyl (C=O) groups excluding carboxylic acids is 1. The van der Waals surface area contributed by atoms with Gasteiger partial charge in [0.25, 0.3) is 0 Å². The lowest BCUT2D eigenvalue weighted by molar-refractivity contribution is -0.113. The number of nitrogens with one attached hydrogen (secondary N) is 1. The number of carbonyl (C=O) groups is 1. The minimum atomic E-state index is -0.313. The molecule has 0 fully saturated rings. The summed E-state index contributed by atoms with van der Waals surface area (Å²) >= 11 is 1.30. The van der Waals surface area contributed by atoms with E-state index in [1.54, 1.807) is 12.1 Å². The lowest BCUT2D eigenvalue weighted by atomic mass is 10.2. The first kappa shape index (κ1) is 19.8. The second kappa shape index (κ2) is 8.92. The van der Waals surface area contributed by atoms with Gasteiger partial charge in [0.1, 0.15) is 5.82 Å². The molecule has 1 aromatic heterocycles. The predicted molar refractivity (Wildman–Crippen MR) is 117 cm³/mol. The molecular formula is C23H19FN4OS. The van der Waals surface area contributed by atoms with Crippen LogP contribution in [0.15, 0.2) is 84.0 Å². The molecule has 30 heavy (non-hydrogen) atoms. The quantitative estimate of drug-likeness (QED) is 0.442. The van der Waals surface area contributed by atoms with Gasteiger partial charge in [-0.05, 0) is 55.0 Å². The lowest BCUT2D eigenvalue weighted by Crippen LogP contribution is -2.15. The van der Waals surface area contributed by atoms with Crippen LogP contribution >= 0.6 is 11.8 Å². The monoisotopic (exact) mass is 418 g/mol. The van der Waals surface area contributed by atoms with Crippen molar-refractivity contribution in [2.75, 3.05) is 11.1 Å². The van der Waals surface area contributed by atoms with E-state index >= 15 is 0 Å². The number of aromatic nitrogens is 3. The molecule has 3 aromatic carbocycles. The molecule has 0 saturated heterocycles. The number of amides is 1. The smallest absolute Gasteiger partial charge is 0.234 e. The van der Waals surface area contributed by atoms with Gasteiger partial charge in [-0.15, -0.1) is 10.2 Å². The highest BCUT2D eigenvalue weighted by atomic mass is 32.2. The van der Waals surface area contributed by atoms with E-state index in [0.717, 1.165) is 22.5 Å². The summed E-state index contributed by atoms with van der Waals surface area (Å²) in [6.45, 7) is 1.95. The Morgan fingerprint density at radius 3 is 2.40 bits per heavy atom. The van der Waals surface area contributed by atoms with Crippen molar-refractivity contribution >= 4 is 23.4 Å². The third-order valence-electron chi connectivity index (χ3n) is 4.50. The molecular weight excluding hydrogens is 399 g/mol. The fourth-order valence-corrected chi connectivity index (χ4v) is 3.74. The van der Waals surface area contributed by atoms with Crippen LogP contribution in [0.2, 0.25) is 0 Å². The average molecular weight is 418 g/mol. The van der Waals surface area contributed by atoms with E-state index in [1.165, 1.54) is 23.9 Å². The number of benzene rings is 3. The van der Waals surface area contributed by atoms with Gasteiger partial charge in [0.15, 0.2) is 11.0 Å². The Hall–Kier alpha value is -3.45. The van der Waals surface area contributed by atoms with Crippen molar-refractivity contribution in [3.8, 4) is 17.1 Å². The van der Waals surface area contributed by atoms with Crippen LogP contribution in [0.25, 0.3) is 17.1 Å². The van der Waals surface area contributed by atoms with E-state index in [-0.39, 0.29) is 17.5 Å². The van der Waals surface area contributed by atoms with Crippen molar-refractivity contribution in [3.05, 3.63) is 90.2 Å². The van der Waals surface area contributed by atoms with Gasteiger partial charge in [-0.2, -0.15) is 0 Å². The molecule has 0 saturated carbocycles. The zero-order valence-corrected chi connectivity index (χ0v) is 17.1. The first-order valence-electron chi connectivity index (χ1n) is 9.37. The fourth-order valence-electron chi connectivity index (χ4n) is 2.99. The SMILES string of the molecule is Cc1ccccc1NC(=O)CSc1nnc(-c2ccc(F)cc2)n1-c1ccccc1. The standard InChI is InChI=1S/C23H19FN4OS/c1-16-7-5-6-10-20(16)25-21(29)15-30-23-27-26-22(17-11-13-18(24)14-12-17)28(23)19-8-3-2-4-9-19/h2-14H,15H2,1H3,(H,25,29). The van der Waals surface area contributed by atoms with Crippen LogP contribution in [0.3, 0.4) is 0 Å². The van der Waals surface area contributed by atoms with E-state index in [9.17, 15) is 9.18 Å². The number of thioether (sulfide) groups is 1. The molecule has 150 valence electrons. The summed E-state index contributed by atoms with van der Waals surface area (Å²) in [5.74, 6) is 0.332. The van der Waals surface area contributed by atoms with Crippen LogP contribution in [0.4, 0.5) is 10.1 Å². The number of hydrogen-bond acceptors (Lipinski definition) is 4. The van der Waals surface area contributed by atoms with Crippen LogP contribution in [0.1, 0.15) is 5.56 Å². The Morgan fingerprint density at radius 2 is 1.67 bits per heavy atom. The molecule has 0 aliphatic heterocycles. The number of anilines is 1. The Balaban J connectivity index is 1.59. The number of aryl methyl sites for hydroxylation is 1. The van der Waals surface area contributed by atoms with Crippen LogP contribution in [-0.4, -0.2) is 26.4 Å². The fraction of sp³-hybridized carbons (Fsp3) is 0.0870. The first-order chi connectivity index (χ1) is 14.6. The van der Waals surface area contributed by atoms with Gasteiger partial charge in [0.2, 0.25) is 5.91 Å². The molecule has 1 heterocycles. The van der Waals surface area contributed by atoms with Crippen molar-refractivity contribution < 1.29 is 9.18 Å². The van der Waals surface area contributed by atoms with E-state index < -0.39 is 0 Å². The van der Waals surface area contributed by atoms with Crippen LogP contribution in [-0.2, 0) is 4.79 Å². The van der Waals surface area contributed by atoms with Gasteiger partial charge in [0.05, 0.1) is 5.75 Å². The van der Waals surface area contributed by atoms with Crippen molar-refractivity contribution in [2.45, 2.75) is 12.1 Å². The second-order valence-corrected chi connectivity index (χ2v) is 7.58. The molecule has 0 aliphatic rings. The maximum absolute atomic E-state index is 13.4. The summed E-state index contributed by atoms with van der Waals surface area (Å²) in [5, 5.41) is 12.1. The predicted octanol–water partition coefficient (Wildman–Crippen LogP) is 5.11. The van der Waals surface area contributed by atoms with Crippen LogP contribution < -0.4 is 5.32 Å². The molecule has 1 N–H and O–H groups in total. The maximum Gasteiger partial charge on any atom is 0.234 e. The molecule has 0 unspecified atom stereocenters. The van der Waals surface area contributed by atoms with Crippen LogP contribution in [0.5, 0.6) is 0 Å². The van der Waals surface area contributed by atoms with Gasteiger partial charge in [-0.1, -0.05) is 48.2 Å². The summed E-state index contributed by atoms with van der Waals surface area (Å²) in [4.78, 5) is 12.5. The molecule has 4 rings (SSSR count). The largest absolute Gasteiger partial charge is 0.325 e. The molecule has 0 radical (unpaired) electrons. The van der Waals surface area contributed by atoms with Gasteiger partial charge in [-0.25, -0.2) is 4.39 Å². The number of hydrogen-bond donors (Lipinski definition) is 1. The maximum atomic E-state index is 13.4. The minimum absolute atomic E-state index is 0.125. The summed E-state index contributed by atoms with van der Waals surface area (Å²) in [6.07, 6.45) is 0. The van der Waals surface area contributed by atoms with E-state index in [2.05, 4.69) is 15.5 Å². The van der Waals surface area contributed by atoms with Gasteiger partial charge in [-0.3, -0.25) is 9.36 Å². The highest BCUT2D eigenvalue weighted by Crippen LogP contribution is 2.28. The Labute approximate surface area is 178 Å². The first-order valence-corrected chi connectivity index (χ1v) is 10.4. The highest BCUT2D eigenvalue weighted by Gasteiger charge is 2.17. The topological polar surface area (TPSA) is 59.8 Å². The summed E-state index contributed by atoms with van der Waals surface area (Å²) in [5.41, 5.74) is 3.40. The summed E-state index contributed by atoms with van der Waals surface area (Å²) in [6, 6.07) is 23.4. The molecule has 0 atom stereocenters. The summed E-state index contributed by atoms with van der Waals surface area (Å²) in [7, 11) is 0. The Morgan fingerprint density at radius 1 is 0.967 bits per heavy atom. The van der Waals surface area contributed by atoms with Gasteiger partial charge < -0.3 is 5.32 Å². The molecule has 5 nitrogen and oxygen atoms in total. The minimum Gasteiger partial charge on any atom is -0.325 e. The van der Waals surface area contributed by atoms with Gasteiger partial charge >= 0.3 is 0 Å². The highest BCUT2D eigenvalue weighted by molar-refractivity contribution is 7.99.